The summed E-state index contributed by atoms with van der Waals surface area (Å²) in [6.07, 6.45) is 0.201. The van der Waals surface area contributed by atoms with Crippen LogP contribution in [0.5, 0.6) is 0 Å². The highest BCUT2D eigenvalue weighted by molar-refractivity contribution is 6.30. The Hall–Kier alpha value is -2.40. The molecular formula is C17H15ClFNO3. The Bertz CT molecular complexity index is 686. The third-order valence-corrected chi connectivity index (χ3v) is 3.50. The molecule has 6 heteroatoms. The number of hydrogen-bond donors (Lipinski definition) is 1. The van der Waals surface area contributed by atoms with Crippen LogP contribution in [-0.2, 0) is 16.0 Å². The van der Waals surface area contributed by atoms with Gasteiger partial charge in [-0.3, -0.25) is 4.79 Å². The lowest BCUT2D eigenvalue weighted by Gasteiger charge is -2.16. The molecule has 2 rings (SSSR count). The number of carbonyl (C=O) groups excluding carboxylic acids is 2. The van der Waals surface area contributed by atoms with E-state index >= 15 is 0 Å². The molecule has 1 N–H and O–H groups in total. The zero-order chi connectivity index (χ0) is 16.8. The van der Waals surface area contributed by atoms with Crippen LogP contribution in [0, 0.1) is 5.82 Å². The average Bonchev–Trinajstić information content (AvgIpc) is 2.56. The van der Waals surface area contributed by atoms with Crippen LogP contribution in [-0.4, -0.2) is 25.0 Å². The third-order valence-electron chi connectivity index (χ3n) is 3.25. The van der Waals surface area contributed by atoms with E-state index in [1.165, 1.54) is 19.2 Å². The number of nitrogens with one attached hydrogen (secondary N) is 1. The molecule has 1 atom stereocenters. The molecule has 0 aliphatic heterocycles. The maximum Gasteiger partial charge on any atom is 0.328 e. The van der Waals surface area contributed by atoms with Crippen LogP contribution >= 0.6 is 11.6 Å². The SMILES string of the molecule is COC(=O)[C@@H](Cc1ccc(F)cc1)NC(=O)c1ccc(Cl)cc1. The first-order chi connectivity index (χ1) is 11.0. The number of halogens is 2. The molecule has 0 saturated heterocycles. The smallest absolute Gasteiger partial charge is 0.328 e. The van der Waals surface area contributed by atoms with Crippen molar-refractivity contribution in [1.29, 1.82) is 0 Å². The summed E-state index contributed by atoms with van der Waals surface area (Å²) in [5, 5.41) is 3.13. The van der Waals surface area contributed by atoms with Crippen LogP contribution in [0.4, 0.5) is 4.39 Å². The van der Waals surface area contributed by atoms with Gasteiger partial charge in [-0.2, -0.15) is 0 Å². The molecule has 120 valence electrons. The second-order valence-electron chi connectivity index (χ2n) is 4.89. The first-order valence-electron chi connectivity index (χ1n) is 6.88. The summed E-state index contributed by atoms with van der Waals surface area (Å²) in [5.41, 5.74) is 1.08. The van der Waals surface area contributed by atoms with Crippen LogP contribution in [0.3, 0.4) is 0 Å². The monoisotopic (exact) mass is 335 g/mol. The Morgan fingerprint density at radius 1 is 1.13 bits per heavy atom. The molecular weight excluding hydrogens is 321 g/mol. The molecule has 0 aliphatic rings. The van der Waals surface area contributed by atoms with Gasteiger partial charge in [-0.05, 0) is 42.0 Å². The molecule has 0 bridgehead atoms. The summed E-state index contributed by atoms with van der Waals surface area (Å²) in [6, 6.07) is 11.1. The number of hydrogen-bond acceptors (Lipinski definition) is 3. The van der Waals surface area contributed by atoms with Crippen molar-refractivity contribution >= 4 is 23.5 Å². The second kappa shape index (κ2) is 7.74. The van der Waals surface area contributed by atoms with Gasteiger partial charge >= 0.3 is 5.97 Å². The minimum absolute atomic E-state index is 0.201. The maximum atomic E-state index is 12.9. The number of methoxy groups -OCH3 is 1. The average molecular weight is 336 g/mol. The molecule has 4 nitrogen and oxygen atoms in total. The summed E-state index contributed by atoms with van der Waals surface area (Å²) in [7, 11) is 1.24. The van der Waals surface area contributed by atoms with E-state index in [-0.39, 0.29) is 12.2 Å². The predicted octanol–water partition coefficient (Wildman–Crippen LogP) is 2.99. The molecule has 2 aromatic carbocycles. The molecule has 2 aromatic rings. The van der Waals surface area contributed by atoms with E-state index in [1.54, 1.807) is 36.4 Å². The first-order valence-corrected chi connectivity index (χ1v) is 7.26. The fourth-order valence-corrected chi connectivity index (χ4v) is 2.16. The number of rotatable bonds is 5. The Kier molecular flexibility index (Phi) is 5.71. The van der Waals surface area contributed by atoms with Crippen molar-refractivity contribution in [3.8, 4) is 0 Å². The van der Waals surface area contributed by atoms with Crippen molar-refractivity contribution in [1.82, 2.24) is 5.32 Å². The molecule has 0 spiro atoms. The number of benzene rings is 2. The third kappa shape index (κ3) is 4.79. The van der Waals surface area contributed by atoms with Crippen molar-refractivity contribution in [3.63, 3.8) is 0 Å². The number of carbonyl (C=O) groups is 2. The van der Waals surface area contributed by atoms with E-state index in [4.69, 9.17) is 16.3 Å². The zero-order valence-electron chi connectivity index (χ0n) is 12.4. The topological polar surface area (TPSA) is 55.4 Å². The van der Waals surface area contributed by atoms with Gasteiger partial charge in [-0.15, -0.1) is 0 Å². The first kappa shape index (κ1) is 17.0. The van der Waals surface area contributed by atoms with Gasteiger partial charge in [0.1, 0.15) is 11.9 Å². The fourth-order valence-electron chi connectivity index (χ4n) is 2.03. The van der Waals surface area contributed by atoms with Crippen LogP contribution in [0.15, 0.2) is 48.5 Å². The maximum absolute atomic E-state index is 12.9. The molecule has 0 unspecified atom stereocenters. The van der Waals surface area contributed by atoms with Crippen molar-refractivity contribution < 1.29 is 18.7 Å². The largest absolute Gasteiger partial charge is 0.467 e. The highest BCUT2D eigenvalue weighted by Gasteiger charge is 2.22. The standard InChI is InChI=1S/C17H15ClFNO3/c1-23-17(22)15(10-11-2-8-14(19)9-3-11)20-16(21)12-4-6-13(18)7-5-12/h2-9,15H,10H2,1H3,(H,20,21)/t15-/m1/s1. The van der Waals surface area contributed by atoms with Gasteiger partial charge in [0, 0.05) is 17.0 Å². The quantitative estimate of drug-likeness (QED) is 0.855. The number of amides is 1. The molecule has 23 heavy (non-hydrogen) atoms. The predicted molar refractivity (Wildman–Crippen MR) is 84.8 cm³/mol. The summed E-state index contributed by atoms with van der Waals surface area (Å²) in [4.78, 5) is 24.1. The van der Waals surface area contributed by atoms with Gasteiger partial charge in [-0.25, -0.2) is 9.18 Å². The molecule has 1 amide bonds. The fraction of sp³-hybridized carbons (Fsp3) is 0.176. The Morgan fingerprint density at radius 3 is 2.30 bits per heavy atom. The van der Waals surface area contributed by atoms with Crippen molar-refractivity contribution in [2.24, 2.45) is 0 Å². The molecule has 0 aromatic heterocycles. The van der Waals surface area contributed by atoms with Crippen molar-refractivity contribution in [3.05, 3.63) is 70.5 Å². The summed E-state index contributed by atoms with van der Waals surface area (Å²) < 4.78 is 17.7. The van der Waals surface area contributed by atoms with Gasteiger partial charge in [0.15, 0.2) is 0 Å². The minimum atomic E-state index is -0.867. The lowest BCUT2D eigenvalue weighted by Crippen LogP contribution is -2.43. The zero-order valence-corrected chi connectivity index (χ0v) is 13.1. The van der Waals surface area contributed by atoms with Crippen molar-refractivity contribution in [2.45, 2.75) is 12.5 Å². The van der Waals surface area contributed by atoms with Gasteiger partial charge in [0.25, 0.3) is 5.91 Å². The summed E-state index contributed by atoms with van der Waals surface area (Å²) in [6.45, 7) is 0. The Labute approximate surface area is 138 Å². The highest BCUT2D eigenvalue weighted by atomic mass is 35.5. The van der Waals surface area contributed by atoms with Crippen LogP contribution in [0.1, 0.15) is 15.9 Å². The van der Waals surface area contributed by atoms with Crippen LogP contribution in [0.25, 0.3) is 0 Å². The van der Waals surface area contributed by atoms with E-state index < -0.39 is 17.9 Å². The van der Waals surface area contributed by atoms with Gasteiger partial charge in [0.05, 0.1) is 7.11 Å². The normalized spacial score (nSPS) is 11.6. The van der Waals surface area contributed by atoms with Gasteiger partial charge < -0.3 is 10.1 Å². The Morgan fingerprint density at radius 2 is 1.74 bits per heavy atom. The molecule has 0 heterocycles. The second-order valence-corrected chi connectivity index (χ2v) is 5.32. The minimum Gasteiger partial charge on any atom is -0.467 e. The van der Waals surface area contributed by atoms with E-state index in [1.807, 2.05) is 0 Å². The summed E-state index contributed by atoms with van der Waals surface area (Å²) >= 11 is 5.78. The van der Waals surface area contributed by atoms with Crippen LogP contribution in [0.2, 0.25) is 5.02 Å². The van der Waals surface area contributed by atoms with Crippen LogP contribution < -0.4 is 5.32 Å². The number of esters is 1. The highest BCUT2D eigenvalue weighted by Crippen LogP contribution is 2.11. The molecule has 0 saturated carbocycles. The number of ether oxygens (including phenoxy) is 1. The molecule has 0 fully saturated rings. The van der Waals surface area contributed by atoms with Crippen molar-refractivity contribution in [2.75, 3.05) is 7.11 Å². The molecule has 0 aliphatic carbocycles. The Balaban J connectivity index is 2.12. The van der Waals surface area contributed by atoms with E-state index in [0.29, 0.717) is 16.1 Å². The van der Waals surface area contributed by atoms with E-state index in [9.17, 15) is 14.0 Å². The van der Waals surface area contributed by atoms with Gasteiger partial charge in [0.2, 0.25) is 0 Å². The van der Waals surface area contributed by atoms with E-state index in [0.717, 1.165) is 0 Å². The lowest BCUT2D eigenvalue weighted by atomic mass is 10.1. The summed E-state index contributed by atoms with van der Waals surface area (Å²) in [5.74, 6) is -1.36. The lowest BCUT2D eigenvalue weighted by molar-refractivity contribution is -0.142. The van der Waals surface area contributed by atoms with E-state index in [2.05, 4.69) is 5.32 Å². The molecule has 0 radical (unpaired) electrons. The van der Waals surface area contributed by atoms with Gasteiger partial charge in [-0.1, -0.05) is 23.7 Å².